The number of nitro benzene ring substituents is 1. The molecule has 0 atom stereocenters. The summed E-state index contributed by atoms with van der Waals surface area (Å²) in [6.45, 7) is 0. The van der Waals surface area contributed by atoms with Gasteiger partial charge >= 0.3 is 0 Å². The molecule has 2 N–H and O–H groups in total. The van der Waals surface area contributed by atoms with Crippen LogP contribution in [0.25, 0.3) is 0 Å². The van der Waals surface area contributed by atoms with Crippen molar-refractivity contribution in [3.8, 4) is 0 Å². The van der Waals surface area contributed by atoms with E-state index >= 15 is 0 Å². The zero-order valence-corrected chi connectivity index (χ0v) is 11.4. The Hall–Kier alpha value is -2.13. The Morgan fingerprint density at radius 3 is 3.00 bits per heavy atom. The SMILES string of the molecule is O=C(CSc1ncn[nH]1)Nc1ccc(Cl)c([N+](=O)[O-])c1. The zero-order chi connectivity index (χ0) is 14.5. The van der Waals surface area contributed by atoms with E-state index < -0.39 is 4.92 Å². The van der Waals surface area contributed by atoms with Crippen LogP contribution in [-0.4, -0.2) is 31.8 Å². The first-order chi connectivity index (χ1) is 9.56. The molecule has 1 aromatic heterocycles. The number of rotatable bonds is 5. The molecule has 0 aliphatic rings. The third-order valence-electron chi connectivity index (χ3n) is 2.16. The Morgan fingerprint density at radius 2 is 2.35 bits per heavy atom. The number of hydrogen-bond acceptors (Lipinski definition) is 6. The molecule has 104 valence electrons. The molecule has 1 heterocycles. The number of nitro groups is 1. The average Bonchev–Trinajstić information content (AvgIpc) is 2.91. The van der Waals surface area contributed by atoms with Crippen molar-refractivity contribution < 1.29 is 9.72 Å². The average molecular weight is 314 g/mol. The largest absolute Gasteiger partial charge is 0.325 e. The minimum atomic E-state index is -0.610. The number of carbonyl (C=O) groups is 1. The molecule has 0 spiro atoms. The summed E-state index contributed by atoms with van der Waals surface area (Å²) >= 11 is 6.85. The predicted octanol–water partition coefficient (Wildman–Crippen LogP) is 2.10. The number of nitrogens with zero attached hydrogens (tertiary/aromatic N) is 3. The van der Waals surface area contributed by atoms with E-state index in [9.17, 15) is 14.9 Å². The first-order valence-electron chi connectivity index (χ1n) is 5.28. The van der Waals surface area contributed by atoms with Gasteiger partial charge in [0, 0.05) is 11.8 Å². The number of benzene rings is 1. The molecule has 1 amide bonds. The molecular formula is C10H8ClN5O3S. The monoisotopic (exact) mass is 313 g/mol. The fraction of sp³-hybridized carbons (Fsp3) is 0.100. The highest BCUT2D eigenvalue weighted by molar-refractivity contribution is 7.99. The second-order valence-electron chi connectivity index (χ2n) is 3.55. The van der Waals surface area contributed by atoms with Crippen molar-refractivity contribution in [2.24, 2.45) is 0 Å². The first-order valence-corrected chi connectivity index (χ1v) is 6.64. The van der Waals surface area contributed by atoms with Crippen LogP contribution in [0.15, 0.2) is 29.7 Å². The fourth-order valence-electron chi connectivity index (χ4n) is 1.33. The summed E-state index contributed by atoms with van der Waals surface area (Å²) in [5, 5.41) is 20.1. The van der Waals surface area contributed by atoms with E-state index in [4.69, 9.17) is 11.6 Å². The molecule has 20 heavy (non-hydrogen) atoms. The quantitative estimate of drug-likeness (QED) is 0.496. The normalized spacial score (nSPS) is 10.2. The van der Waals surface area contributed by atoms with E-state index in [2.05, 4.69) is 20.5 Å². The van der Waals surface area contributed by atoms with Crippen molar-refractivity contribution in [3.63, 3.8) is 0 Å². The standard InChI is InChI=1S/C10H8ClN5O3S/c11-7-2-1-6(3-8(7)16(18)19)14-9(17)4-20-10-12-5-13-15-10/h1-3,5H,4H2,(H,14,17)(H,12,13,15). The van der Waals surface area contributed by atoms with Gasteiger partial charge in [-0.3, -0.25) is 20.0 Å². The van der Waals surface area contributed by atoms with E-state index in [0.29, 0.717) is 10.8 Å². The summed E-state index contributed by atoms with van der Waals surface area (Å²) in [6.07, 6.45) is 1.34. The van der Waals surface area contributed by atoms with Crippen molar-refractivity contribution in [1.82, 2.24) is 15.2 Å². The maximum Gasteiger partial charge on any atom is 0.289 e. The molecule has 0 fully saturated rings. The van der Waals surface area contributed by atoms with Gasteiger partial charge in [0.15, 0.2) is 5.16 Å². The molecule has 0 saturated heterocycles. The third kappa shape index (κ3) is 3.68. The predicted molar refractivity (Wildman–Crippen MR) is 73.8 cm³/mol. The van der Waals surface area contributed by atoms with Gasteiger partial charge in [0.05, 0.1) is 10.7 Å². The van der Waals surface area contributed by atoms with Crippen LogP contribution in [0.2, 0.25) is 5.02 Å². The lowest BCUT2D eigenvalue weighted by atomic mass is 10.3. The molecule has 0 unspecified atom stereocenters. The highest BCUT2D eigenvalue weighted by Crippen LogP contribution is 2.27. The van der Waals surface area contributed by atoms with Crippen LogP contribution in [0.1, 0.15) is 0 Å². The van der Waals surface area contributed by atoms with Crippen molar-refractivity contribution in [2.45, 2.75) is 5.16 Å². The van der Waals surface area contributed by atoms with E-state index in [-0.39, 0.29) is 22.4 Å². The molecule has 2 rings (SSSR count). The number of halogens is 1. The van der Waals surface area contributed by atoms with Crippen LogP contribution in [0.5, 0.6) is 0 Å². The molecule has 0 aliphatic carbocycles. The summed E-state index contributed by atoms with van der Waals surface area (Å²) < 4.78 is 0. The highest BCUT2D eigenvalue weighted by Gasteiger charge is 2.14. The van der Waals surface area contributed by atoms with Gasteiger partial charge < -0.3 is 5.32 Å². The van der Waals surface area contributed by atoms with Gasteiger partial charge in [0.2, 0.25) is 5.91 Å². The van der Waals surface area contributed by atoms with Crippen molar-refractivity contribution >= 4 is 40.6 Å². The Morgan fingerprint density at radius 1 is 1.55 bits per heavy atom. The lowest BCUT2D eigenvalue weighted by Crippen LogP contribution is -2.14. The Bertz CT molecular complexity index is 634. The summed E-state index contributed by atoms with van der Waals surface area (Å²) in [7, 11) is 0. The van der Waals surface area contributed by atoms with E-state index in [1.807, 2.05) is 0 Å². The summed E-state index contributed by atoms with van der Waals surface area (Å²) in [6, 6.07) is 4.06. The number of aromatic amines is 1. The van der Waals surface area contributed by atoms with Crippen molar-refractivity contribution in [2.75, 3.05) is 11.1 Å². The minimum Gasteiger partial charge on any atom is -0.325 e. The van der Waals surface area contributed by atoms with E-state index in [0.717, 1.165) is 0 Å². The number of hydrogen-bond donors (Lipinski definition) is 2. The number of thioether (sulfide) groups is 1. The third-order valence-corrected chi connectivity index (χ3v) is 3.36. The highest BCUT2D eigenvalue weighted by atomic mass is 35.5. The van der Waals surface area contributed by atoms with Gasteiger partial charge in [-0.05, 0) is 12.1 Å². The van der Waals surface area contributed by atoms with Gasteiger partial charge in [-0.1, -0.05) is 23.4 Å². The van der Waals surface area contributed by atoms with Gasteiger partial charge in [-0.2, -0.15) is 5.10 Å². The molecule has 0 radical (unpaired) electrons. The van der Waals surface area contributed by atoms with Gasteiger partial charge in [0.25, 0.3) is 5.69 Å². The molecule has 10 heteroatoms. The number of carbonyl (C=O) groups excluding carboxylic acids is 1. The zero-order valence-electron chi connectivity index (χ0n) is 9.87. The number of aromatic nitrogens is 3. The Kier molecular flexibility index (Phi) is 4.53. The smallest absolute Gasteiger partial charge is 0.289 e. The number of anilines is 1. The summed E-state index contributed by atoms with van der Waals surface area (Å²) in [4.78, 5) is 25.6. The van der Waals surface area contributed by atoms with Gasteiger partial charge in [0.1, 0.15) is 11.3 Å². The van der Waals surface area contributed by atoms with Crippen molar-refractivity contribution in [3.05, 3.63) is 39.7 Å². The molecule has 0 saturated carbocycles. The Labute approximate surface area is 122 Å². The first kappa shape index (κ1) is 14.3. The van der Waals surface area contributed by atoms with Crippen LogP contribution in [0.4, 0.5) is 11.4 Å². The lowest BCUT2D eigenvalue weighted by molar-refractivity contribution is -0.384. The van der Waals surface area contributed by atoms with Crippen LogP contribution in [-0.2, 0) is 4.79 Å². The minimum absolute atomic E-state index is 0.0176. The van der Waals surface area contributed by atoms with Crippen molar-refractivity contribution in [1.29, 1.82) is 0 Å². The number of nitrogens with one attached hydrogen (secondary N) is 2. The fourth-order valence-corrected chi connectivity index (χ4v) is 2.09. The summed E-state index contributed by atoms with van der Waals surface area (Å²) in [5.41, 5.74) is 0.0524. The number of amides is 1. The molecule has 1 aromatic carbocycles. The topological polar surface area (TPSA) is 114 Å². The van der Waals surface area contributed by atoms with E-state index in [1.54, 1.807) is 0 Å². The maximum absolute atomic E-state index is 11.7. The number of H-pyrrole nitrogens is 1. The van der Waals surface area contributed by atoms with Crippen LogP contribution in [0.3, 0.4) is 0 Å². The molecule has 8 nitrogen and oxygen atoms in total. The molecule has 2 aromatic rings. The lowest BCUT2D eigenvalue weighted by Gasteiger charge is -2.04. The maximum atomic E-state index is 11.7. The molecular weight excluding hydrogens is 306 g/mol. The Balaban J connectivity index is 1.97. The summed E-state index contributed by atoms with van der Waals surface area (Å²) in [5.74, 6) is -0.214. The van der Waals surface area contributed by atoms with E-state index in [1.165, 1.54) is 36.3 Å². The van der Waals surface area contributed by atoms with Gasteiger partial charge in [-0.15, -0.1) is 0 Å². The van der Waals surface area contributed by atoms with Crippen LogP contribution in [0, 0.1) is 10.1 Å². The van der Waals surface area contributed by atoms with Crippen LogP contribution < -0.4 is 5.32 Å². The van der Waals surface area contributed by atoms with Crippen LogP contribution >= 0.6 is 23.4 Å². The second-order valence-corrected chi connectivity index (χ2v) is 4.92. The second kappa shape index (κ2) is 6.35. The molecule has 0 bridgehead atoms. The molecule has 0 aliphatic heterocycles. The van der Waals surface area contributed by atoms with Gasteiger partial charge in [-0.25, -0.2) is 4.98 Å².